The fourth-order valence-corrected chi connectivity index (χ4v) is 2.74. The summed E-state index contributed by atoms with van der Waals surface area (Å²) in [6.45, 7) is 5.45. The Morgan fingerprint density at radius 2 is 1.91 bits per heavy atom. The summed E-state index contributed by atoms with van der Waals surface area (Å²) in [5.41, 5.74) is 0.641. The van der Waals surface area contributed by atoms with Crippen LogP contribution in [0.5, 0.6) is 5.75 Å². The molecular formula is C17H18O4S. The Bertz CT molecular complexity index is 695. The Morgan fingerprint density at radius 1 is 1.18 bits per heavy atom. The number of carbonyl (C=O) groups excluding carboxylic acids is 2. The molecule has 0 saturated carbocycles. The Kier molecular flexibility index (Phi) is 4.66. The number of carbonyl (C=O) groups is 2. The molecule has 0 N–H and O–H groups in total. The lowest BCUT2D eigenvalue weighted by molar-refractivity contribution is 0.00665. The van der Waals surface area contributed by atoms with Gasteiger partial charge in [-0.25, -0.2) is 4.79 Å². The smallest absolute Gasteiger partial charge is 0.342 e. The molecule has 0 atom stereocenters. The van der Waals surface area contributed by atoms with Gasteiger partial charge >= 0.3 is 5.97 Å². The van der Waals surface area contributed by atoms with Gasteiger partial charge in [0, 0.05) is 4.88 Å². The SMILES string of the molecule is COc1ccc(-c2ccc(C=O)s2)cc1C(=O)OC(C)(C)C. The summed E-state index contributed by atoms with van der Waals surface area (Å²) < 4.78 is 10.7. The van der Waals surface area contributed by atoms with Gasteiger partial charge in [0.2, 0.25) is 0 Å². The number of esters is 1. The van der Waals surface area contributed by atoms with E-state index in [1.54, 1.807) is 18.2 Å². The molecule has 0 amide bonds. The summed E-state index contributed by atoms with van der Waals surface area (Å²) in [5.74, 6) is 0.0310. The van der Waals surface area contributed by atoms with Gasteiger partial charge in [-0.05, 0) is 56.7 Å². The second kappa shape index (κ2) is 6.32. The molecule has 0 saturated heterocycles. The molecule has 0 fully saturated rings. The van der Waals surface area contributed by atoms with Gasteiger partial charge in [0.25, 0.3) is 0 Å². The molecule has 1 aromatic carbocycles. The van der Waals surface area contributed by atoms with Gasteiger partial charge in [-0.15, -0.1) is 11.3 Å². The highest BCUT2D eigenvalue weighted by molar-refractivity contribution is 7.17. The van der Waals surface area contributed by atoms with Gasteiger partial charge in [-0.2, -0.15) is 0 Å². The minimum Gasteiger partial charge on any atom is -0.496 e. The summed E-state index contributed by atoms with van der Waals surface area (Å²) in [6, 6.07) is 8.93. The summed E-state index contributed by atoms with van der Waals surface area (Å²) in [6.07, 6.45) is 0.812. The van der Waals surface area contributed by atoms with Crippen molar-refractivity contribution in [3.05, 3.63) is 40.8 Å². The van der Waals surface area contributed by atoms with Crippen molar-refractivity contribution in [1.29, 1.82) is 0 Å². The van der Waals surface area contributed by atoms with Crippen LogP contribution < -0.4 is 4.74 Å². The van der Waals surface area contributed by atoms with Crippen molar-refractivity contribution in [2.75, 3.05) is 7.11 Å². The van der Waals surface area contributed by atoms with E-state index < -0.39 is 11.6 Å². The minimum absolute atomic E-state index is 0.371. The van der Waals surface area contributed by atoms with Crippen LogP contribution in [-0.4, -0.2) is 25.0 Å². The van der Waals surface area contributed by atoms with E-state index in [4.69, 9.17) is 9.47 Å². The zero-order valence-corrected chi connectivity index (χ0v) is 13.8. The van der Waals surface area contributed by atoms with E-state index in [2.05, 4.69) is 0 Å². The molecule has 0 aliphatic heterocycles. The molecule has 0 radical (unpaired) electrons. The monoisotopic (exact) mass is 318 g/mol. The predicted octanol–water partition coefficient (Wildman–Crippen LogP) is 4.19. The zero-order valence-electron chi connectivity index (χ0n) is 13.0. The number of hydrogen-bond donors (Lipinski definition) is 0. The van der Waals surface area contributed by atoms with Crippen LogP contribution in [0.4, 0.5) is 0 Å². The third-order valence-corrected chi connectivity index (χ3v) is 3.91. The van der Waals surface area contributed by atoms with Crippen LogP contribution in [0.3, 0.4) is 0 Å². The van der Waals surface area contributed by atoms with E-state index in [1.807, 2.05) is 32.9 Å². The molecule has 2 rings (SSSR count). The molecule has 1 heterocycles. The first-order valence-electron chi connectivity index (χ1n) is 6.81. The zero-order chi connectivity index (χ0) is 16.3. The maximum Gasteiger partial charge on any atom is 0.342 e. The van der Waals surface area contributed by atoms with E-state index in [1.165, 1.54) is 18.4 Å². The number of hydrogen-bond acceptors (Lipinski definition) is 5. The van der Waals surface area contributed by atoms with Crippen LogP contribution in [0.15, 0.2) is 30.3 Å². The number of thiophene rings is 1. The number of ether oxygens (including phenoxy) is 2. The molecular weight excluding hydrogens is 300 g/mol. The van der Waals surface area contributed by atoms with E-state index in [0.29, 0.717) is 16.2 Å². The number of methoxy groups -OCH3 is 1. The normalized spacial score (nSPS) is 11.1. The minimum atomic E-state index is -0.578. The molecule has 4 nitrogen and oxygen atoms in total. The Hall–Kier alpha value is -2.14. The van der Waals surface area contributed by atoms with Crippen molar-refractivity contribution in [2.24, 2.45) is 0 Å². The molecule has 5 heteroatoms. The van der Waals surface area contributed by atoms with Gasteiger partial charge in [-0.1, -0.05) is 0 Å². The fraction of sp³-hybridized carbons (Fsp3) is 0.294. The lowest BCUT2D eigenvalue weighted by Crippen LogP contribution is -2.24. The van der Waals surface area contributed by atoms with Crippen LogP contribution >= 0.6 is 11.3 Å². The number of aldehydes is 1. The first kappa shape index (κ1) is 16.2. The second-order valence-electron chi connectivity index (χ2n) is 5.74. The highest BCUT2D eigenvalue weighted by atomic mass is 32.1. The van der Waals surface area contributed by atoms with E-state index in [-0.39, 0.29) is 0 Å². The fourth-order valence-electron chi connectivity index (χ4n) is 1.93. The highest BCUT2D eigenvalue weighted by Gasteiger charge is 2.21. The van der Waals surface area contributed by atoms with E-state index in [9.17, 15) is 9.59 Å². The standard InChI is InChI=1S/C17H18O4S/c1-17(2,3)21-16(19)13-9-11(5-7-14(13)20-4)15-8-6-12(10-18)22-15/h5-10H,1-4H3. The van der Waals surface area contributed by atoms with Crippen molar-refractivity contribution < 1.29 is 19.1 Å². The Labute approximate surface area is 133 Å². The Balaban J connectivity index is 2.41. The molecule has 0 spiro atoms. The largest absolute Gasteiger partial charge is 0.496 e. The van der Waals surface area contributed by atoms with Crippen LogP contribution in [-0.2, 0) is 4.74 Å². The van der Waals surface area contributed by atoms with Crippen molar-refractivity contribution in [1.82, 2.24) is 0 Å². The van der Waals surface area contributed by atoms with E-state index in [0.717, 1.165) is 16.7 Å². The maximum atomic E-state index is 12.3. The van der Waals surface area contributed by atoms with Gasteiger partial charge < -0.3 is 9.47 Å². The quantitative estimate of drug-likeness (QED) is 0.626. The summed E-state index contributed by atoms with van der Waals surface area (Å²) in [4.78, 5) is 24.7. The summed E-state index contributed by atoms with van der Waals surface area (Å²) >= 11 is 1.37. The lowest BCUT2D eigenvalue weighted by Gasteiger charge is -2.20. The van der Waals surface area contributed by atoms with Crippen LogP contribution in [0.2, 0.25) is 0 Å². The third kappa shape index (κ3) is 3.74. The lowest BCUT2D eigenvalue weighted by atomic mass is 10.1. The van der Waals surface area contributed by atoms with Crippen molar-refractivity contribution in [3.8, 4) is 16.2 Å². The molecule has 22 heavy (non-hydrogen) atoms. The molecule has 0 bridgehead atoms. The van der Waals surface area contributed by atoms with Crippen LogP contribution in [0, 0.1) is 0 Å². The van der Waals surface area contributed by atoms with Gasteiger partial charge in [-0.3, -0.25) is 4.79 Å². The molecule has 1 aromatic heterocycles. The molecule has 116 valence electrons. The maximum absolute atomic E-state index is 12.3. The average Bonchev–Trinajstić information content (AvgIpc) is 2.93. The Morgan fingerprint density at radius 3 is 2.45 bits per heavy atom. The van der Waals surface area contributed by atoms with Gasteiger partial charge in [0.1, 0.15) is 16.9 Å². The number of benzene rings is 1. The first-order chi connectivity index (χ1) is 10.3. The van der Waals surface area contributed by atoms with Crippen LogP contribution in [0.25, 0.3) is 10.4 Å². The third-order valence-electron chi connectivity index (χ3n) is 2.85. The van der Waals surface area contributed by atoms with Crippen LogP contribution in [0.1, 0.15) is 40.8 Å². The highest BCUT2D eigenvalue weighted by Crippen LogP contribution is 2.32. The van der Waals surface area contributed by atoms with Gasteiger partial charge in [0.05, 0.1) is 12.0 Å². The predicted molar refractivity (Wildman–Crippen MR) is 86.9 cm³/mol. The number of rotatable bonds is 4. The summed E-state index contributed by atoms with van der Waals surface area (Å²) in [7, 11) is 1.51. The first-order valence-corrected chi connectivity index (χ1v) is 7.62. The van der Waals surface area contributed by atoms with Crippen molar-refractivity contribution >= 4 is 23.6 Å². The second-order valence-corrected chi connectivity index (χ2v) is 6.85. The molecule has 0 aliphatic carbocycles. The topological polar surface area (TPSA) is 52.6 Å². The molecule has 2 aromatic rings. The van der Waals surface area contributed by atoms with Crippen molar-refractivity contribution in [3.63, 3.8) is 0 Å². The van der Waals surface area contributed by atoms with Gasteiger partial charge in [0.15, 0.2) is 6.29 Å². The molecule has 0 unspecified atom stereocenters. The van der Waals surface area contributed by atoms with E-state index >= 15 is 0 Å². The summed E-state index contributed by atoms with van der Waals surface area (Å²) in [5, 5.41) is 0. The molecule has 0 aliphatic rings. The average molecular weight is 318 g/mol. The van der Waals surface area contributed by atoms with Crippen molar-refractivity contribution in [2.45, 2.75) is 26.4 Å².